The monoisotopic (exact) mass is 306 g/mol. The highest BCUT2D eigenvalue weighted by molar-refractivity contribution is 4.89. The molecule has 0 aromatic rings. The van der Waals surface area contributed by atoms with E-state index in [-0.39, 0.29) is 6.10 Å². The Morgan fingerprint density at radius 3 is 2.29 bits per heavy atom. The molecule has 1 rings (SSSR count). The molecule has 0 radical (unpaired) electrons. The molecule has 126 valence electrons. The Kier molecular flexibility index (Phi) is 8.70. The first-order valence-corrected chi connectivity index (χ1v) is 7.97. The summed E-state index contributed by atoms with van der Waals surface area (Å²) >= 11 is 0. The van der Waals surface area contributed by atoms with Crippen molar-refractivity contribution in [2.45, 2.75) is 89.2 Å². The zero-order valence-corrected chi connectivity index (χ0v) is 13.0. The number of unbranched alkanes of at least 4 members (excludes halogenated alkanes) is 4. The van der Waals surface area contributed by atoms with E-state index in [2.05, 4.69) is 6.92 Å². The van der Waals surface area contributed by atoms with Crippen LogP contribution >= 0.6 is 0 Å². The van der Waals surface area contributed by atoms with Crippen molar-refractivity contribution in [3.63, 3.8) is 0 Å². The van der Waals surface area contributed by atoms with E-state index in [0.717, 1.165) is 19.3 Å². The molecule has 0 unspecified atom stereocenters. The van der Waals surface area contributed by atoms with Crippen molar-refractivity contribution in [2.24, 2.45) is 0 Å². The van der Waals surface area contributed by atoms with Crippen LogP contribution in [-0.2, 0) is 9.47 Å². The van der Waals surface area contributed by atoms with Gasteiger partial charge >= 0.3 is 0 Å². The molecule has 6 heteroatoms. The molecule has 1 heterocycles. The lowest BCUT2D eigenvalue weighted by Gasteiger charge is -2.40. The van der Waals surface area contributed by atoms with Crippen LogP contribution in [0.1, 0.15) is 52.4 Å². The summed E-state index contributed by atoms with van der Waals surface area (Å²) in [5.41, 5.74) is 0. The van der Waals surface area contributed by atoms with Gasteiger partial charge in [-0.2, -0.15) is 0 Å². The molecule has 1 saturated heterocycles. The normalized spacial score (nSPS) is 34.9. The quantitative estimate of drug-likeness (QED) is 0.464. The van der Waals surface area contributed by atoms with Gasteiger partial charge in [0.1, 0.15) is 24.4 Å². The molecule has 0 bridgehead atoms. The van der Waals surface area contributed by atoms with Gasteiger partial charge in [-0.15, -0.1) is 0 Å². The van der Waals surface area contributed by atoms with Gasteiger partial charge in [-0.25, -0.2) is 0 Å². The topological polar surface area (TPSA) is 99.4 Å². The van der Waals surface area contributed by atoms with Gasteiger partial charge in [0.05, 0.1) is 12.7 Å². The Morgan fingerprint density at radius 1 is 1.00 bits per heavy atom. The van der Waals surface area contributed by atoms with Crippen molar-refractivity contribution in [1.29, 1.82) is 0 Å². The SMILES string of the molecule is CCCCCCC[C@@H](C)O[C@@H]1O[C@H](CO)[C@H](O)[C@H](O)[C@H]1O. The predicted molar refractivity (Wildman–Crippen MR) is 77.7 cm³/mol. The second-order valence-electron chi connectivity index (χ2n) is 5.85. The number of aliphatic hydroxyl groups excluding tert-OH is 4. The molecule has 21 heavy (non-hydrogen) atoms. The third kappa shape index (κ3) is 5.81. The fraction of sp³-hybridized carbons (Fsp3) is 1.00. The van der Waals surface area contributed by atoms with E-state index in [0.29, 0.717) is 0 Å². The van der Waals surface area contributed by atoms with Gasteiger partial charge < -0.3 is 29.9 Å². The third-order valence-corrected chi connectivity index (χ3v) is 3.93. The van der Waals surface area contributed by atoms with Crippen LogP contribution in [0.15, 0.2) is 0 Å². The molecule has 4 N–H and O–H groups in total. The van der Waals surface area contributed by atoms with Crippen molar-refractivity contribution >= 4 is 0 Å². The summed E-state index contributed by atoms with van der Waals surface area (Å²) in [6.07, 6.45) is 0.608. The third-order valence-electron chi connectivity index (χ3n) is 3.93. The van der Waals surface area contributed by atoms with Crippen molar-refractivity contribution in [1.82, 2.24) is 0 Å². The largest absolute Gasteiger partial charge is 0.394 e. The highest BCUT2D eigenvalue weighted by atomic mass is 16.7. The van der Waals surface area contributed by atoms with Crippen LogP contribution in [0.4, 0.5) is 0 Å². The maximum Gasteiger partial charge on any atom is 0.186 e. The number of hydrogen-bond acceptors (Lipinski definition) is 6. The first-order valence-electron chi connectivity index (χ1n) is 7.97. The molecule has 1 aliphatic heterocycles. The summed E-state index contributed by atoms with van der Waals surface area (Å²) in [4.78, 5) is 0. The summed E-state index contributed by atoms with van der Waals surface area (Å²) in [5.74, 6) is 0. The second-order valence-corrected chi connectivity index (χ2v) is 5.85. The van der Waals surface area contributed by atoms with Gasteiger partial charge in [-0.05, 0) is 13.3 Å². The van der Waals surface area contributed by atoms with Gasteiger partial charge in [-0.1, -0.05) is 39.0 Å². The van der Waals surface area contributed by atoms with Crippen molar-refractivity contribution in [2.75, 3.05) is 6.61 Å². The van der Waals surface area contributed by atoms with Crippen LogP contribution in [0.5, 0.6) is 0 Å². The molecule has 1 aliphatic rings. The molecule has 6 atom stereocenters. The number of aliphatic hydroxyl groups is 4. The first-order chi connectivity index (χ1) is 10.0. The highest BCUT2D eigenvalue weighted by Crippen LogP contribution is 2.23. The zero-order valence-electron chi connectivity index (χ0n) is 13.0. The maximum atomic E-state index is 9.87. The smallest absolute Gasteiger partial charge is 0.186 e. The van der Waals surface area contributed by atoms with Crippen LogP contribution < -0.4 is 0 Å². The van der Waals surface area contributed by atoms with E-state index >= 15 is 0 Å². The number of ether oxygens (including phenoxy) is 2. The lowest BCUT2D eigenvalue weighted by atomic mass is 9.99. The molecule has 0 aromatic heterocycles. The van der Waals surface area contributed by atoms with E-state index in [1.54, 1.807) is 0 Å². The Bertz CT molecular complexity index is 273. The lowest BCUT2D eigenvalue weighted by Crippen LogP contribution is -2.59. The van der Waals surface area contributed by atoms with Gasteiger partial charge in [0.2, 0.25) is 0 Å². The minimum atomic E-state index is -1.38. The van der Waals surface area contributed by atoms with E-state index < -0.39 is 37.3 Å². The summed E-state index contributed by atoms with van der Waals surface area (Å²) in [6.45, 7) is 3.63. The van der Waals surface area contributed by atoms with Crippen LogP contribution in [-0.4, -0.2) is 63.8 Å². The Labute approximate surface area is 126 Å². The van der Waals surface area contributed by atoms with Crippen LogP contribution in [0.2, 0.25) is 0 Å². The summed E-state index contributed by atoms with van der Waals surface area (Å²) < 4.78 is 10.9. The molecule has 6 nitrogen and oxygen atoms in total. The number of hydrogen-bond donors (Lipinski definition) is 4. The molecule has 0 spiro atoms. The molecule has 0 aliphatic carbocycles. The maximum absolute atomic E-state index is 9.87. The fourth-order valence-electron chi connectivity index (χ4n) is 2.51. The van der Waals surface area contributed by atoms with E-state index in [4.69, 9.17) is 14.6 Å². The van der Waals surface area contributed by atoms with E-state index in [1.165, 1.54) is 19.3 Å². The predicted octanol–water partition coefficient (Wildman–Crippen LogP) is 0.552. The molecule has 0 amide bonds. The Balaban J connectivity index is 2.34. The average molecular weight is 306 g/mol. The number of rotatable bonds is 9. The Hall–Kier alpha value is -0.240. The standard InChI is InChI=1S/C15H30O6/c1-3-4-5-6-7-8-10(2)20-15-14(19)13(18)12(17)11(9-16)21-15/h10-19H,3-9H2,1-2H3/t10-,11-,12+,13+,14-,15-/m1/s1. The molecule has 1 fully saturated rings. The average Bonchev–Trinajstić information content (AvgIpc) is 2.47. The second kappa shape index (κ2) is 9.71. The van der Waals surface area contributed by atoms with Crippen LogP contribution in [0.3, 0.4) is 0 Å². The van der Waals surface area contributed by atoms with E-state index in [9.17, 15) is 15.3 Å². The van der Waals surface area contributed by atoms with Gasteiger partial charge in [0, 0.05) is 0 Å². The van der Waals surface area contributed by atoms with Crippen LogP contribution in [0, 0.1) is 0 Å². The lowest BCUT2D eigenvalue weighted by molar-refractivity contribution is -0.310. The van der Waals surface area contributed by atoms with Crippen molar-refractivity contribution < 1.29 is 29.9 Å². The first kappa shape index (κ1) is 18.8. The van der Waals surface area contributed by atoms with Gasteiger partial charge in [-0.3, -0.25) is 0 Å². The van der Waals surface area contributed by atoms with Crippen molar-refractivity contribution in [3.05, 3.63) is 0 Å². The van der Waals surface area contributed by atoms with Gasteiger partial charge in [0.25, 0.3) is 0 Å². The van der Waals surface area contributed by atoms with Crippen LogP contribution in [0.25, 0.3) is 0 Å². The summed E-state index contributed by atoms with van der Waals surface area (Å²) in [7, 11) is 0. The molecular weight excluding hydrogens is 276 g/mol. The van der Waals surface area contributed by atoms with E-state index in [1.807, 2.05) is 6.92 Å². The zero-order chi connectivity index (χ0) is 15.8. The van der Waals surface area contributed by atoms with Crippen molar-refractivity contribution in [3.8, 4) is 0 Å². The molecule has 0 aromatic carbocycles. The Morgan fingerprint density at radius 2 is 1.67 bits per heavy atom. The molecular formula is C15H30O6. The molecule has 0 saturated carbocycles. The minimum absolute atomic E-state index is 0.118. The fourth-order valence-corrected chi connectivity index (χ4v) is 2.51. The minimum Gasteiger partial charge on any atom is -0.394 e. The summed E-state index contributed by atoms with van der Waals surface area (Å²) in [5, 5.41) is 38.3. The highest BCUT2D eigenvalue weighted by Gasteiger charge is 2.44. The van der Waals surface area contributed by atoms with Gasteiger partial charge in [0.15, 0.2) is 6.29 Å². The summed E-state index contributed by atoms with van der Waals surface area (Å²) in [6, 6.07) is 0.